The van der Waals surface area contributed by atoms with Crippen LogP contribution in [0.5, 0.6) is 11.5 Å². The van der Waals surface area contributed by atoms with Gasteiger partial charge < -0.3 is 9.84 Å². The number of nitrogens with zero attached hydrogens (tertiary/aromatic N) is 2. The molecular weight excluding hydrogens is 415 g/mol. The number of phenols is 1. The minimum Gasteiger partial charge on any atom is -0.506 e. The van der Waals surface area contributed by atoms with Crippen LogP contribution in [0, 0.1) is 0 Å². The highest BCUT2D eigenvalue weighted by Gasteiger charge is 2.31. The minimum absolute atomic E-state index is 0.0534. The van der Waals surface area contributed by atoms with Crippen molar-refractivity contribution in [3.8, 4) is 11.5 Å². The van der Waals surface area contributed by atoms with E-state index in [0.29, 0.717) is 22.0 Å². The third-order valence-electron chi connectivity index (χ3n) is 2.84. The van der Waals surface area contributed by atoms with Crippen LogP contribution < -0.4 is 10.2 Å². The molecule has 0 saturated heterocycles. The number of phenolic OH excluding ortho intramolecular Hbond substituents is 1. The van der Waals surface area contributed by atoms with Crippen LogP contribution in [-0.2, 0) is 6.18 Å². The zero-order chi connectivity index (χ0) is 17.9. The van der Waals surface area contributed by atoms with E-state index in [2.05, 4.69) is 31.4 Å². The van der Waals surface area contributed by atoms with E-state index in [1.54, 1.807) is 6.07 Å². The van der Waals surface area contributed by atoms with Crippen molar-refractivity contribution in [2.75, 3.05) is 12.5 Å². The summed E-state index contributed by atoms with van der Waals surface area (Å²) in [6.07, 6.45) is -2.64. The number of aromatic hydroxyl groups is 1. The van der Waals surface area contributed by atoms with Gasteiger partial charge in [-0.2, -0.15) is 18.3 Å². The van der Waals surface area contributed by atoms with Crippen molar-refractivity contribution < 1.29 is 23.0 Å². The second kappa shape index (κ2) is 7.27. The number of methoxy groups -OCH3 is 1. The van der Waals surface area contributed by atoms with Crippen LogP contribution >= 0.6 is 27.5 Å². The average molecular weight is 425 g/mol. The normalized spacial score (nSPS) is 11.8. The molecule has 0 aliphatic heterocycles. The fourth-order valence-corrected chi connectivity index (χ4v) is 2.31. The van der Waals surface area contributed by atoms with Gasteiger partial charge in [0.1, 0.15) is 11.5 Å². The molecule has 2 N–H and O–H groups in total. The quantitative estimate of drug-likeness (QED) is 0.553. The summed E-state index contributed by atoms with van der Waals surface area (Å²) >= 11 is 8.91. The van der Waals surface area contributed by atoms with Gasteiger partial charge in [0.25, 0.3) is 0 Å². The zero-order valence-electron chi connectivity index (χ0n) is 12.0. The first-order chi connectivity index (χ1) is 11.2. The number of aromatic nitrogens is 1. The molecule has 5 nitrogen and oxygen atoms in total. The Morgan fingerprint density at radius 2 is 2.08 bits per heavy atom. The molecule has 2 aromatic rings. The van der Waals surface area contributed by atoms with Crippen LogP contribution in [0.2, 0.25) is 5.02 Å². The van der Waals surface area contributed by atoms with E-state index in [0.717, 1.165) is 6.07 Å². The maximum Gasteiger partial charge on any atom is 0.417 e. The molecule has 2 rings (SSSR count). The Balaban J connectivity index is 2.19. The fraction of sp³-hybridized carbons (Fsp3) is 0.143. The molecular formula is C14H10BrClF3N3O2. The van der Waals surface area contributed by atoms with Gasteiger partial charge in [-0.05, 0) is 34.1 Å². The molecule has 0 atom stereocenters. The molecule has 0 bridgehead atoms. The standard InChI is InChI=1S/C14H10BrClF3N3O2/c1-24-9-2-7(12(23)10(15)4-9)5-21-22-13-11(16)3-8(6-20-13)14(17,18)19/h2-6,23H,1H3,(H,20,22). The lowest BCUT2D eigenvalue weighted by Gasteiger charge is -2.08. The highest BCUT2D eigenvalue weighted by molar-refractivity contribution is 9.10. The first kappa shape index (κ1) is 18.3. The summed E-state index contributed by atoms with van der Waals surface area (Å²) in [6, 6.07) is 3.83. The molecule has 0 saturated carbocycles. The van der Waals surface area contributed by atoms with Crippen molar-refractivity contribution in [2.24, 2.45) is 5.10 Å². The Morgan fingerprint density at radius 1 is 1.38 bits per heavy atom. The van der Waals surface area contributed by atoms with Crippen molar-refractivity contribution in [2.45, 2.75) is 6.18 Å². The predicted octanol–water partition coefficient (Wildman–Crippen LogP) is 4.68. The van der Waals surface area contributed by atoms with Crippen LogP contribution in [0.15, 0.2) is 34.0 Å². The van der Waals surface area contributed by atoms with Crippen molar-refractivity contribution >= 4 is 39.6 Å². The molecule has 0 unspecified atom stereocenters. The van der Waals surface area contributed by atoms with Gasteiger partial charge in [0.05, 0.1) is 28.4 Å². The second-order valence-electron chi connectivity index (χ2n) is 4.47. The average Bonchev–Trinajstić information content (AvgIpc) is 2.51. The molecule has 1 heterocycles. The van der Waals surface area contributed by atoms with E-state index in [1.807, 2.05) is 0 Å². The van der Waals surface area contributed by atoms with Gasteiger partial charge in [-0.15, -0.1) is 0 Å². The minimum atomic E-state index is -4.53. The smallest absolute Gasteiger partial charge is 0.417 e. The zero-order valence-corrected chi connectivity index (χ0v) is 14.4. The van der Waals surface area contributed by atoms with Gasteiger partial charge in [0, 0.05) is 11.8 Å². The number of pyridine rings is 1. The third-order valence-corrected chi connectivity index (χ3v) is 3.74. The Bertz CT molecular complexity index is 785. The summed E-state index contributed by atoms with van der Waals surface area (Å²) in [4.78, 5) is 3.58. The largest absolute Gasteiger partial charge is 0.506 e. The Morgan fingerprint density at radius 3 is 2.67 bits per heavy atom. The second-order valence-corrected chi connectivity index (χ2v) is 5.73. The maximum absolute atomic E-state index is 12.5. The molecule has 128 valence electrons. The number of rotatable bonds is 4. The van der Waals surface area contributed by atoms with E-state index in [-0.39, 0.29) is 16.6 Å². The van der Waals surface area contributed by atoms with Crippen LogP contribution in [0.4, 0.5) is 19.0 Å². The summed E-state index contributed by atoms with van der Waals surface area (Å²) in [5, 5.41) is 13.5. The third kappa shape index (κ3) is 4.30. The lowest BCUT2D eigenvalue weighted by Crippen LogP contribution is -2.06. The summed E-state index contributed by atoms with van der Waals surface area (Å²) < 4.78 is 43.1. The van der Waals surface area contributed by atoms with Gasteiger partial charge in [0.15, 0.2) is 5.82 Å². The highest BCUT2D eigenvalue weighted by atomic mass is 79.9. The summed E-state index contributed by atoms with van der Waals surface area (Å²) in [5.41, 5.74) is 1.77. The number of hydrazone groups is 1. The summed E-state index contributed by atoms with van der Waals surface area (Å²) in [6.45, 7) is 0. The van der Waals surface area contributed by atoms with E-state index in [9.17, 15) is 18.3 Å². The molecule has 1 aromatic heterocycles. The van der Waals surface area contributed by atoms with Crippen LogP contribution in [0.1, 0.15) is 11.1 Å². The number of hydrogen-bond acceptors (Lipinski definition) is 5. The lowest BCUT2D eigenvalue weighted by atomic mass is 10.2. The molecule has 0 spiro atoms. The Hall–Kier alpha value is -2.00. The van der Waals surface area contributed by atoms with Crippen molar-refractivity contribution in [3.63, 3.8) is 0 Å². The summed E-state index contributed by atoms with van der Waals surface area (Å²) in [5.74, 6) is 0.349. The van der Waals surface area contributed by atoms with E-state index in [1.165, 1.54) is 19.4 Å². The van der Waals surface area contributed by atoms with Gasteiger partial charge in [-0.25, -0.2) is 4.98 Å². The predicted molar refractivity (Wildman–Crippen MR) is 87.8 cm³/mol. The molecule has 10 heteroatoms. The maximum atomic E-state index is 12.5. The van der Waals surface area contributed by atoms with Gasteiger partial charge in [0.2, 0.25) is 0 Å². The van der Waals surface area contributed by atoms with E-state index < -0.39 is 11.7 Å². The lowest BCUT2D eigenvalue weighted by molar-refractivity contribution is -0.137. The fourth-order valence-electron chi connectivity index (χ4n) is 1.65. The first-order valence-corrected chi connectivity index (χ1v) is 7.47. The molecule has 0 aliphatic carbocycles. The van der Waals surface area contributed by atoms with Crippen LogP contribution in [0.3, 0.4) is 0 Å². The molecule has 0 fully saturated rings. The number of hydrogen-bond donors (Lipinski definition) is 2. The number of ether oxygens (including phenoxy) is 1. The van der Waals surface area contributed by atoms with E-state index >= 15 is 0 Å². The monoisotopic (exact) mass is 423 g/mol. The van der Waals surface area contributed by atoms with E-state index in [4.69, 9.17) is 16.3 Å². The number of nitrogens with one attached hydrogen (secondary N) is 1. The Labute approximate surface area is 148 Å². The number of alkyl halides is 3. The molecule has 24 heavy (non-hydrogen) atoms. The van der Waals surface area contributed by atoms with Gasteiger partial charge in [-0.3, -0.25) is 5.43 Å². The Kier molecular flexibility index (Phi) is 5.55. The van der Waals surface area contributed by atoms with Crippen molar-refractivity contribution in [3.05, 3.63) is 45.0 Å². The van der Waals surface area contributed by atoms with Gasteiger partial charge in [-0.1, -0.05) is 11.6 Å². The van der Waals surface area contributed by atoms with Crippen molar-refractivity contribution in [1.29, 1.82) is 0 Å². The molecule has 0 amide bonds. The number of halogens is 5. The van der Waals surface area contributed by atoms with Crippen molar-refractivity contribution in [1.82, 2.24) is 4.98 Å². The molecule has 0 aliphatic rings. The van der Waals surface area contributed by atoms with Crippen LogP contribution in [0.25, 0.3) is 0 Å². The molecule has 1 aromatic carbocycles. The topological polar surface area (TPSA) is 66.7 Å². The first-order valence-electron chi connectivity index (χ1n) is 6.30. The highest BCUT2D eigenvalue weighted by Crippen LogP contribution is 2.33. The molecule has 0 radical (unpaired) electrons. The SMILES string of the molecule is COc1cc(Br)c(O)c(C=NNc2ncc(C(F)(F)F)cc2Cl)c1. The van der Waals surface area contributed by atoms with Gasteiger partial charge >= 0.3 is 6.18 Å². The van der Waals surface area contributed by atoms with Crippen LogP contribution in [-0.4, -0.2) is 23.4 Å². The summed E-state index contributed by atoms with van der Waals surface area (Å²) in [7, 11) is 1.46. The number of anilines is 1. The number of benzene rings is 1.